The van der Waals surface area contributed by atoms with Crippen LogP contribution in [0.4, 0.5) is 10.5 Å². The number of nitrogens with one attached hydrogen (secondary N) is 1. The minimum atomic E-state index is -0.579. The third kappa shape index (κ3) is 3.42. The molecule has 0 radical (unpaired) electrons. The lowest BCUT2D eigenvalue weighted by Crippen LogP contribution is -2.19. The van der Waals surface area contributed by atoms with Crippen molar-refractivity contribution in [1.82, 2.24) is 0 Å². The van der Waals surface area contributed by atoms with E-state index in [1.807, 2.05) is 6.07 Å². The van der Waals surface area contributed by atoms with Gasteiger partial charge in [-0.3, -0.25) is 0 Å². The zero-order chi connectivity index (χ0) is 10.4. The minimum absolute atomic E-state index is 0.507. The van der Waals surface area contributed by atoms with Gasteiger partial charge >= 0.3 is 6.03 Å². The normalized spacial score (nSPS) is 8.64. The van der Waals surface area contributed by atoms with E-state index in [1.54, 1.807) is 18.2 Å². The fourth-order valence-corrected chi connectivity index (χ4v) is 1.04. The first-order chi connectivity index (χ1) is 6.72. The largest absolute Gasteiger partial charge is 0.351 e. The van der Waals surface area contributed by atoms with Crippen LogP contribution in [0.3, 0.4) is 0 Å². The van der Waals surface area contributed by atoms with E-state index in [0.29, 0.717) is 11.4 Å². The maximum absolute atomic E-state index is 10.6. The molecule has 0 saturated carbocycles. The molecule has 0 fully saturated rings. The van der Waals surface area contributed by atoms with Gasteiger partial charge in [0.1, 0.15) is 0 Å². The van der Waals surface area contributed by atoms with Crippen LogP contribution in [0.2, 0.25) is 0 Å². The zero-order valence-electron chi connectivity index (χ0n) is 7.45. The van der Waals surface area contributed by atoms with Crippen molar-refractivity contribution in [3.63, 3.8) is 0 Å². The van der Waals surface area contributed by atoms with Crippen LogP contribution in [0, 0.1) is 11.8 Å². The van der Waals surface area contributed by atoms with Gasteiger partial charge in [0, 0.05) is 11.3 Å². The highest BCUT2D eigenvalue weighted by molar-refractivity contribution is 7.80. The Balaban J connectivity index is 2.84. The average Bonchev–Trinajstić information content (AvgIpc) is 2.14. The summed E-state index contributed by atoms with van der Waals surface area (Å²) in [6.45, 7) is 0. The summed E-state index contributed by atoms with van der Waals surface area (Å²) < 4.78 is 0. The molecule has 3 N–H and O–H groups in total. The van der Waals surface area contributed by atoms with Crippen molar-refractivity contribution in [3.8, 4) is 11.8 Å². The van der Waals surface area contributed by atoms with Crippen LogP contribution >= 0.6 is 12.6 Å². The van der Waals surface area contributed by atoms with Gasteiger partial charge in [-0.25, -0.2) is 4.79 Å². The number of anilines is 1. The predicted octanol–water partition coefficient (Wildman–Crippen LogP) is 1.46. The molecule has 0 aliphatic carbocycles. The van der Waals surface area contributed by atoms with Gasteiger partial charge in [-0.2, -0.15) is 12.6 Å². The molecule has 4 heteroatoms. The summed E-state index contributed by atoms with van der Waals surface area (Å²) in [7, 11) is 0. The Bertz CT molecular complexity index is 393. The van der Waals surface area contributed by atoms with Crippen molar-refractivity contribution in [2.45, 2.75) is 0 Å². The molecule has 0 aliphatic rings. The standard InChI is InChI=1S/C10H10N2OS/c11-10(13)12-9-5-1-3-8(7-9)4-2-6-14/h1,3,5,7,14H,6H2,(H3,11,12,13). The number of benzene rings is 1. The van der Waals surface area contributed by atoms with Crippen LogP contribution in [-0.2, 0) is 0 Å². The summed E-state index contributed by atoms with van der Waals surface area (Å²) in [5.74, 6) is 6.21. The Hall–Kier alpha value is -1.60. The number of hydrogen-bond acceptors (Lipinski definition) is 2. The molecule has 0 atom stereocenters. The van der Waals surface area contributed by atoms with Crippen LogP contribution in [0.5, 0.6) is 0 Å². The molecular formula is C10H10N2OS. The first kappa shape index (κ1) is 10.5. The molecule has 0 aliphatic heterocycles. The number of thiol groups is 1. The molecule has 3 nitrogen and oxygen atoms in total. The molecule has 14 heavy (non-hydrogen) atoms. The maximum atomic E-state index is 10.6. The maximum Gasteiger partial charge on any atom is 0.316 e. The number of carbonyl (C=O) groups excluding carboxylic acids is 1. The van der Waals surface area contributed by atoms with E-state index in [-0.39, 0.29) is 0 Å². The number of nitrogens with two attached hydrogens (primary N) is 1. The van der Waals surface area contributed by atoms with Gasteiger partial charge in [0.2, 0.25) is 0 Å². The highest BCUT2D eigenvalue weighted by Crippen LogP contribution is 2.08. The Morgan fingerprint density at radius 3 is 3.00 bits per heavy atom. The number of urea groups is 1. The van der Waals surface area contributed by atoms with Crippen molar-refractivity contribution in [1.29, 1.82) is 0 Å². The van der Waals surface area contributed by atoms with E-state index in [9.17, 15) is 4.79 Å². The fourth-order valence-electron chi connectivity index (χ4n) is 0.959. The van der Waals surface area contributed by atoms with Crippen molar-refractivity contribution >= 4 is 24.3 Å². The molecule has 1 aromatic carbocycles. The summed E-state index contributed by atoms with van der Waals surface area (Å²) >= 11 is 3.97. The van der Waals surface area contributed by atoms with Gasteiger partial charge in [0.25, 0.3) is 0 Å². The lowest BCUT2D eigenvalue weighted by molar-refractivity contribution is 0.259. The molecule has 0 spiro atoms. The van der Waals surface area contributed by atoms with Gasteiger partial charge in [-0.15, -0.1) is 0 Å². The van der Waals surface area contributed by atoms with Crippen LogP contribution in [0.25, 0.3) is 0 Å². The van der Waals surface area contributed by atoms with Gasteiger partial charge < -0.3 is 11.1 Å². The third-order valence-corrected chi connectivity index (χ3v) is 1.60. The van der Waals surface area contributed by atoms with E-state index in [2.05, 4.69) is 29.8 Å². The lowest BCUT2D eigenvalue weighted by atomic mass is 10.2. The molecule has 72 valence electrons. The number of primary amides is 1. The quantitative estimate of drug-likeness (QED) is 0.473. The van der Waals surface area contributed by atoms with Crippen molar-refractivity contribution in [3.05, 3.63) is 29.8 Å². The second-order valence-electron chi connectivity index (χ2n) is 2.53. The van der Waals surface area contributed by atoms with Crippen LogP contribution in [0.15, 0.2) is 24.3 Å². The van der Waals surface area contributed by atoms with Crippen molar-refractivity contribution in [2.24, 2.45) is 5.73 Å². The van der Waals surface area contributed by atoms with Crippen LogP contribution in [0.1, 0.15) is 5.56 Å². The molecular weight excluding hydrogens is 196 g/mol. The van der Waals surface area contributed by atoms with Gasteiger partial charge in [-0.1, -0.05) is 17.9 Å². The topological polar surface area (TPSA) is 55.1 Å². The van der Waals surface area contributed by atoms with E-state index in [1.165, 1.54) is 0 Å². The highest BCUT2D eigenvalue weighted by Gasteiger charge is 1.95. The molecule has 0 aromatic heterocycles. The van der Waals surface area contributed by atoms with E-state index >= 15 is 0 Å². The smallest absolute Gasteiger partial charge is 0.316 e. The second kappa shape index (κ2) is 5.20. The molecule has 2 amide bonds. The first-order valence-electron chi connectivity index (χ1n) is 3.98. The Morgan fingerprint density at radius 1 is 1.57 bits per heavy atom. The van der Waals surface area contributed by atoms with E-state index < -0.39 is 6.03 Å². The zero-order valence-corrected chi connectivity index (χ0v) is 8.34. The van der Waals surface area contributed by atoms with E-state index in [0.717, 1.165) is 5.56 Å². The average molecular weight is 206 g/mol. The SMILES string of the molecule is NC(=O)Nc1cccc(C#CCS)c1. The van der Waals surface area contributed by atoms with Gasteiger partial charge in [-0.05, 0) is 18.2 Å². The van der Waals surface area contributed by atoms with Gasteiger partial charge in [0.05, 0.1) is 5.75 Å². The fraction of sp³-hybridized carbons (Fsp3) is 0.100. The molecule has 0 unspecified atom stereocenters. The van der Waals surface area contributed by atoms with Gasteiger partial charge in [0.15, 0.2) is 0 Å². The second-order valence-corrected chi connectivity index (χ2v) is 2.85. The lowest BCUT2D eigenvalue weighted by Gasteiger charge is -2.00. The summed E-state index contributed by atoms with van der Waals surface area (Å²) in [6, 6.07) is 6.57. The Labute approximate surface area is 88.1 Å². The minimum Gasteiger partial charge on any atom is -0.351 e. The first-order valence-corrected chi connectivity index (χ1v) is 4.62. The summed E-state index contributed by atoms with van der Waals surface area (Å²) in [6.07, 6.45) is 0. The number of hydrogen-bond donors (Lipinski definition) is 3. The number of amides is 2. The van der Waals surface area contributed by atoms with E-state index in [4.69, 9.17) is 5.73 Å². The molecule has 1 aromatic rings. The highest BCUT2D eigenvalue weighted by atomic mass is 32.1. The third-order valence-electron chi connectivity index (χ3n) is 1.44. The molecule has 0 heterocycles. The Morgan fingerprint density at radius 2 is 2.36 bits per heavy atom. The van der Waals surface area contributed by atoms with Crippen LogP contribution in [-0.4, -0.2) is 11.8 Å². The molecule has 1 rings (SSSR count). The number of carbonyl (C=O) groups is 1. The molecule has 0 saturated heterocycles. The van der Waals surface area contributed by atoms with Crippen molar-refractivity contribution < 1.29 is 4.79 Å². The number of rotatable bonds is 1. The summed E-state index contributed by atoms with van der Waals surface area (Å²) in [5, 5.41) is 2.47. The predicted molar refractivity (Wildman–Crippen MR) is 60.4 cm³/mol. The van der Waals surface area contributed by atoms with Crippen LogP contribution < -0.4 is 11.1 Å². The summed E-state index contributed by atoms with van der Waals surface area (Å²) in [5.41, 5.74) is 6.44. The molecule has 0 bridgehead atoms. The Kier molecular flexibility index (Phi) is 3.89. The van der Waals surface area contributed by atoms with Crippen molar-refractivity contribution in [2.75, 3.05) is 11.1 Å². The monoisotopic (exact) mass is 206 g/mol. The summed E-state index contributed by atoms with van der Waals surface area (Å²) in [4.78, 5) is 10.6.